The Morgan fingerprint density at radius 3 is 2.58 bits per heavy atom. The molecular weight excluding hydrogens is 294 g/mol. The monoisotopic (exact) mass is 316 g/mol. The summed E-state index contributed by atoms with van der Waals surface area (Å²) in [6.07, 6.45) is 5.37. The molecule has 0 saturated carbocycles. The molecule has 2 aromatic heterocycles. The first-order valence-electron chi connectivity index (χ1n) is 8.58. The lowest BCUT2D eigenvalue weighted by molar-refractivity contribution is -0.634. The number of nitrogens with zero attached hydrogens (tertiary/aromatic N) is 1. The predicted molar refractivity (Wildman–Crippen MR) is 100 cm³/mol. The molecule has 0 atom stereocenters. The molecule has 0 radical (unpaired) electrons. The minimum absolute atomic E-state index is 0.993. The van der Waals surface area contributed by atoms with E-state index in [1.807, 2.05) is 4.68 Å². The summed E-state index contributed by atoms with van der Waals surface area (Å²) in [5.74, 6) is 6.58. The van der Waals surface area contributed by atoms with Gasteiger partial charge in [0, 0.05) is 29.6 Å². The number of pyridine rings is 1. The minimum atomic E-state index is 0.993. The maximum Gasteiger partial charge on any atom is 0.252 e. The molecule has 24 heavy (non-hydrogen) atoms. The number of aryl methyl sites for hydroxylation is 1. The Hall–Kier alpha value is -2.81. The highest BCUT2D eigenvalue weighted by molar-refractivity contribution is 6.02. The van der Waals surface area contributed by atoms with Gasteiger partial charge in [-0.05, 0) is 23.9 Å². The van der Waals surface area contributed by atoms with Gasteiger partial charge in [0.2, 0.25) is 5.69 Å². The number of aromatic nitrogens is 2. The third kappa shape index (κ3) is 2.33. The van der Waals surface area contributed by atoms with E-state index in [4.69, 9.17) is 5.84 Å². The number of nitrogens with one attached hydrogen (secondary N) is 1. The summed E-state index contributed by atoms with van der Waals surface area (Å²) in [6, 6.07) is 19.1. The van der Waals surface area contributed by atoms with Crippen molar-refractivity contribution in [1.82, 2.24) is 4.98 Å². The average molecular weight is 316 g/mol. The fourth-order valence-corrected chi connectivity index (χ4v) is 3.45. The summed E-state index contributed by atoms with van der Waals surface area (Å²) < 4.78 is 1.88. The zero-order chi connectivity index (χ0) is 16.5. The lowest BCUT2D eigenvalue weighted by atomic mass is 10.0. The van der Waals surface area contributed by atoms with Crippen LogP contribution in [-0.2, 0) is 6.42 Å². The molecule has 3 heteroatoms. The van der Waals surface area contributed by atoms with Crippen molar-refractivity contribution < 1.29 is 4.68 Å². The first-order valence-corrected chi connectivity index (χ1v) is 8.58. The standard InChI is InChI=1S/C21H21N3/c1-2-3-9-16-13-15-8-4-5-10-17(15)21(24(16)22)19-14-23-20-12-7-6-11-18(19)20/h4-8,10-14H,2-3,9,22H2,1H3/p+1. The van der Waals surface area contributed by atoms with Gasteiger partial charge in [-0.1, -0.05) is 54.4 Å². The SMILES string of the molecule is CCCCc1cc2ccccc2c(-c2c[nH]c3ccccc23)[n+]1N. The molecule has 4 aromatic rings. The van der Waals surface area contributed by atoms with Crippen LogP contribution in [0.25, 0.3) is 32.9 Å². The largest absolute Gasteiger partial charge is 0.360 e. The van der Waals surface area contributed by atoms with E-state index in [9.17, 15) is 0 Å². The fourth-order valence-electron chi connectivity index (χ4n) is 3.45. The van der Waals surface area contributed by atoms with Crippen LogP contribution >= 0.6 is 0 Å². The Bertz CT molecular complexity index is 1010. The number of nitrogen functional groups attached to an aromatic ring is 1. The normalized spacial score (nSPS) is 11.4. The van der Waals surface area contributed by atoms with Gasteiger partial charge >= 0.3 is 0 Å². The third-order valence-electron chi connectivity index (χ3n) is 4.72. The Balaban J connectivity index is 2.04. The van der Waals surface area contributed by atoms with Gasteiger partial charge in [-0.25, -0.2) is 5.84 Å². The highest BCUT2D eigenvalue weighted by Gasteiger charge is 2.23. The van der Waals surface area contributed by atoms with E-state index >= 15 is 0 Å². The summed E-state index contributed by atoms with van der Waals surface area (Å²) in [6.45, 7) is 2.21. The zero-order valence-corrected chi connectivity index (χ0v) is 13.9. The molecular formula is C21H22N3+. The van der Waals surface area contributed by atoms with Crippen molar-refractivity contribution in [3.05, 3.63) is 66.5 Å². The molecule has 0 aliphatic heterocycles. The summed E-state index contributed by atoms with van der Waals surface area (Å²) in [7, 11) is 0. The Kier molecular flexibility index (Phi) is 3.69. The quantitative estimate of drug-likeness (QED) is 0.427. The van der Waals surface area contributed by atoms with Gasteiger partial charge in [0.05, 0.1) is 10.9 Å². The van der Waals surface area contributed by atoms with Gasteiger partial charge in [0.25, 0.3) is 5.69 Å². The van der Waals surface area contributed by atoms with Gasteiger partial charge in [-0.3, -0.25) is 0 Å². The van der Waals surface area contributed by atoms with E-state index in [0.29, 0.717) is 0 Å². The zero-order valence-electron chi connectivity index (χ0n) is 13.9. The number of aromatic amines is 1. The number of hydrogen-bond acceptors (Lipinski definition) is 1. The molecule has 0 amide bonds. The van der Waals surface area contributed by atoms with Crippen molar-refractivity contribution in [1.29, 1.82) is 0 Å². The van der Waals surface area contributed by atoms with Crippen molar-refractivity contribution in [2.45, 2.75) is 26.2 Å². The molecule has 0 fully saturated rings. The molecule has 0 spiro atoms. The van der Waals surface area contributed by atoms with Crippen LogP contribution in [0.4, 0.5) is 0 Å². The van der Waals surface area contributed by atoms with E-state index in [1.165, 1.54) is 21.9 Å². The van der Waals surface area contributed by atoms with Crippen molar-refractivity contribution >= 4 is 21.7 Å². The smallest absolute Gasteiger partial charge is 0.252 e. The van der Waals surface area contributed by atoms with Gasteiger partial charge in [0.15, 0.2) is 0 Å². The van der Waals surface area contributed by atoms with E-state index in [2.05, 4.69) is 72.7 Å². The second-order valence-electron chi connectivity index (χ2n) is 6.29. The highest BCUT2D eigenvalue weighted by Crippen LogP contribution is 2.31. The number of rotatable bonds is 4. The highest BCUT2D eigenvalue weighted by atomic mass is 15.3. The van der Waals surface area contributed by atoms with Crippen LogP contribution in [0.3, 0.4) is 0 Å². The van der Waals surface area contributed by atoms with Crippen LogP contribution in [0.15, 0.2) is 60.8 Å². The maximum atomic E-state index is 6.58. The lowest BCUT2D eigenvalue weighted by Crippen LogP contribution is -2.50. The van der Waals surface area contributed by atoms with E-state index < -0.39 is 0 Å². The molecule has 0 aliphatic rings. The van der Waals surface area contributed by atoms with E-state index in [0.717, 1.165) is 36.0 Å². The van der Waals surface area contributed by atoms with Gasteiger partial charge < -0.3 is 4.98 Å². The summed E-state index contributed by atoms with van der Waals surface area (Å²) in [5.41, 5.74) is 4.55. The van der Waals surface area contributed by atoms with Crippen LogP contribution in [0.2, 0.25) is 0 Å². The van der Waals surface area contributed by atoms with Crippen LogP contribution in [0.1, 0.15) is 25.5 Å². The van der Waals surface area contributed by atoms with Crippen LogP contribution in [-0.4, -0.2) is 4.98 Å². The number of para-hydroxylation sites is 1. The molecule has 0 saturated heterocycles. The molecule has 4 rings (SSSR count). The predicted octanol–water partition coefficient (Wildman–Crippen LogP) is 4.33. The summed E-state index contributed by atoms with van der Waals surface area (Å²) in [5, 5.41) is 3.63. The van der Waals surface area contributed by atoms with Crippen molar-refractivity contribution in [2.24, 2.45) is 0 Å². The molecule has 3 N–H and O–H groups in total. The number of benzene rings is 2. The fraction of sp³-hybridized carbons (Fsp3) is 0.190. The molecule has 2 heterocycles. The molecule has 0 bridgehead atoms. The van der Waals surface area contributed by atoms with E-state index in [-0.39, 0.29) is 0 Å². The van der Waals surface area contributed by atoms with Gasteiger partial charge in [0.1, 0.15) is 0 Å². The average Bonchev–Trinajstić information content (AvgIpc) is 3.04. The van der Waals surface area contributed by atoms with Crippen LogP contribution in [0.5, 0.6) is 0 Å². The number of fused-ring (bicyclic) bond motifs is 2. The molecule has 3 nitrogen and oxygen atoms in total. The first kappa shape index (κ1) is 14.8. The molecule has 0 unspecified atom stereocenters. The topological polar surface area (TPSA) is 45.7 Å². The summed E-state index contributed by atoms with van der Waals surface area (Å²) >= 11 is 0. The van der Waals surface area contributed by atoms with Crippen molar-refractivity contribution in [2.75, 3.05) is 5.84 Å². The second kappa shape index (κ2) is 6.00. The van der Waals surface area contributed by atoms with Crippen molar-refractivity contribution in [3.8, 4) is 11.3 Å². The molecule has 0 aliphatic carbocycles. The third-order valence-corrected chi connectivity index (χ3v) is 4.72. The second-order valence-corrected chi connectivity index (χ2v) is 6.29. The van der Waals surface area contributed by atoms with Gasteiger partial charge in [-0.2, -0.15) is 0 Å². The number of nitrogens with two attached hydrogens (primary N) is 1. The van der Waals surface area contributed by atoms with E-state index in [1.54, 1.807) is 0 Å². The Morgan fingerprint density at radius 2 is 1.75 bits per heavy atom. The van der Waals surface area contributed by atoms with Crippen LogP contribution in [0, 0.1) is 0 Å². The number of hydrogen-bond donors (Lipinski definition) is 2. The van der Waals surface area contributed by atoms with Crippen LogP contribution < -0.4 is 10.5 Å². The molecule has 120 valence electrons. The maximum absolute atomic E-state index is 6.58. The van der Waals surface area contributed by atoms with Crippen molar-refractivity contribution in [3.63, 3.8) is 0 Å². The van der Waals surface area contributed by atoms with Gasteiger partial charge in [-0.15, -0.1) is 0 Å². The Labute approximate surface area is 141 Å². The number of H-pyrrole nitrogens is 1. The lowest BCUT2D eigenvalue weighted by Gasteiger charge is -2.07. The summed E-state index contributed by atoms with van der Waals surface area (Å²) in [4.78, 5) is 3.37. The molecule has 2 aromatic carbocycles. The number of unbranched alkanes of at least 4 members (excludes halogenated alkanes) is 1. The first-order chi connectivity index (χ1) is 11.8. The Morgan fingerprint density at radius 1 is 1.00 bits per heavy atom. The minimum Gasteiger partial charge on any atom is -0.360 e.